The maximum Gasteiger partial charge on any atom is 0.128 e. The van der Waals surface area contributed by atoms with E-state index in [1.807, 2.05) is 19.2 Å². The minimum Gasteiger partial charge on any atom is -0.357 e. The maximum absolute atomic E-state index is 5.93. The normalized spacial score (nSPS) is 25.8. The van der Waals surface area contributed by atoms with E-state index in [1.165, 1.54) is 25.7 Å². The molecule has 2 rings (SSSR count). The van der Waals surface area contributed by atoms with Crippen molar-refractivity contribution in [3.63, 3.8) is 0 Å². The second kappa shape index (κ2) is 5.70. The summed E-state index contributed by atoms with van der Waals surface area (Å²) < 4.78 is 0. The van der Waals surface area contributed by atoms with E-state index in [1.54, 1.807) is 0 Å². The number of pyridine rings is 1. The summed E-state index contributed by atoms with van der Waals surface area (Å²) in [5, 5.41) is 0. The van der Waals surface area contributed by atoms with Gasteiger partial charge in [-0.05, 0) is 56.2 Å². The Morgan fingerprint density at radius 1 is 1.33 bits per heavy atom. The van der Waals surface area contributed by atoms with Gasteiger partial charge in [0.05, 0.1) is 0 Å². The molecule has 0 saturated heterocycles. The molecule has 1 unspecified atom stereocenters. The summed E-state index contributed by atoms with van der Waals surface area (Å²) in [6.45, 7) is 4.37. The van der Waals surface area contributed by atoms with Gasteiger partial charge in [-0.2, -0.15) is 0 Å². The molecule has 1 aliphatic rings. The van der Waals surface area contributed by atoms with E-state index < -0.39 is 0 Å². The Morgan fingerprint density at radius 3 is 2.61 bits per heavy atom. The zero-order valence-corrected chi connectivity index (χ0v) is 11.8. The molecule has 1 aliphatic carbocycles. The summed E-state index contributed by atoms with van der Waals surface area (Å²) >= 11 is 0. The SMILES string of the molecule is CC1CCC(N(C)c2cc(C(C)N)ccn2)CC1. The standard InChI is InChI=1S/C15H25N3/c1-11-4-6-14(7-5-11)18(3)15-10-13(12(2)16)8-9-17-15/h8-12,14H,4-7,16H2,1-3H3. The van der Waals surface area contributed by atoms with Crippen molar-refractivity contribution in [1.29, 1.82) is 0 Å². The predicted octanol–water partition coefficient (Wildman–Crippen LogP) is 3.12. The number of hydrogen-bond acceptors (Lipinski definition) is 3. The quantitative estimate of drug-likeness (QED) is 0.892. The van der Waals surface area contributed by atoms with Gasteiger partial charge in [0.1, 0.15) is 5.82 Å². The number of nitrogens with zero attached hydrogens (tertiary/aromatic N) is 2. The minimum absolute atomic E-state index is 0.0755. The number of anilines is 1. The van der Waals surface area contributed by atoms with Crippen molar-refractivity contribution < 1.29 is 0 Å². The van der Waals surface area contributed by atoms with Gasteiger partial charge in [0.2, 0.25) is 0 Å². The van der Waals surface area contributed by atoms with Crippen LogP contribution in [0, 0.1) is 5.92 Å². The van der Waals surface area contributed by atoms with E-state index >= 15 is 0 Å². The smallest absolute Gasteiger partial charge is 0.128 e. The third-order valence-electron chi connectivity index (χ3n) is 4.19. The van der Waals surface area contributed by atoms with Crippen LogP contribution in [0.1, 0.15) is 51.1 Å². The van der Waals surface area contributed by atoms with Crippen LogP contribution in [0.5, 0.6) is 0 Å². The number of rotatable bonds is 3. The van der Waals surface area contributed by atoms with E-state index in [-0.39, 0.29) is 6.04 Å². The Hall–Kier alpha value is -1.09. The van der Waals surface area contributed by atoms with E-state index in [0.717, 1.165) is 17.3 Å². The molecular formula is C15H25N3. The lowest BCUT2D eigenvalue weighted by atomic mass is 9.87. The van der Waals surface area contributed by atoms with Crippen molar-refractivity contribution in [2.75, 3.05) is 11.9 Å². The second-order valence-corrected chi connectivity index (χ2v) is 5.76. The molecule has 0 bridgehead atoms. The van der Waals surface area contributed by atoms with Gasteiger partial charge in [-0.3, -0.25) is 0 Å². The Bertz CT molecular complexity index is 381. The third kappa shape index (κ3) is 3.02. The molecule has 1 aromatic heterocycles. The third-order valence-corrected chi connectivity index (χ3v) is 4.19. The average molecular weight is 247 g/mol. The molecule has 0 spiro atoms. The van der Waals surface area contributed by atoms with Gasteiger partial charge < -0.3 is 10.6 Å². The van der Waals surface area contributed by atoms with E-state index in [4.69, 9.17) is 5.73 Å². The summed E-state index contributed by atoms with van der Waals surface area (Å²) in [6.07, 6.45) is 7.10. The first-order valence-electron chi connectivity index (χ1n) is 7.02. The molecule has 18 heavy (non-hydrogen) atoms. The molecule has 3 nitrogen and oxygen atoms in total. The maximum atomic E-state index is 5.93. The lowest BCUT2D eigenvalue weighted by molar-refractivity contribution is 0.340. The summed E-state index contributed by atoms with van der Waals surface area (Å²) in [7, 11) is 2.16. The second-order valence-electron chi connectivity index (χ2n) is 5.76. The van der Waals surface area contributed by atoms with Gasteiger partial charge in [-0.15, -0.1) is 0 Å². The van der Waals surface area contributed by atoms with Gasteiger partial charge >= 0.3 is 0 Å². The van der Waals surface area contributed by atoms with Crippen LogP contribution in [-0.2, 0) is 0 Å². The van der Waals surface area contributed by atoms with Crippen molar-refractivity contribution in [3.8, 4) is 0 Å². The molecule has 0 aromatic carbocycles. The van der Waals surface area contributed by atoms with Crippen molar-refractivity contribution in [2.45, 2.75) is 51.6 Å². The largest absolute Gasteiger partial charge is 0.357 e. The molecule has 0 amide bonds. The highest BCUT2D eigenvalue weighted by Crippen LogP contribution is 2.29. The number of nitrogens with two attached hydrogens (primary N) is 1. The first kappa shape index (κ1) is 13.3. The molecule has 1 atom stereocenters. The molecular weight excluding hydrogens is 222 g/mol. The van der Waals surface area contributed by atoms with Crippen molar-refractivity contribution in [2.24, 2.45) is 11.7 Å². The fraction of sp³-hybridized carbons (Fsp3) is 0.667. The molecule has 1 aromatic rings. The number of aromatic nitrogens is 1. The highest BCUT2D eigenvalue weighted by Gasteiger charge is 2.22. The molecule has 1 heterocycles. The fourth-order valence-electron chi connectivity index (χ4n) is 2.73. The van der Waals surface area contributed by atoms with E-state index in [2.05, 4.69) is 29.9 Å². The zero-order chi connectivity index (χ0) is 13.1. The monoisotopic (exact) mass is 247 g/mol. The first-order chi connectivity index (χ1) is 8.58. The summed E-state index contributed by atoms with van der Waals surface area (Å²) in [5.74, 6) is 1.95. The molecule has 0 aliphatic heterocycles. The van der Waals surface area contributed by atoms with E-state index in [0.29, 0.717) is 6.04 Å². The van der Waals surface area contributed by atoms with Crippen LogP contribution in [0.4, 0.5) is 5.82 Å². The zero-order valence-electron chi connectivity index (χ0n) is 11.8. The Balaban J connectivity index is 2.08. The van der Waals surface area contributed by atoms with Crippen LogP contribution in [0.2, 0.25) is 0 Å². The number of hydrogen-bond donors (Lipinski definition) is 1. The van der Waals surface area contributed by atoms with Gasteiger partial charge in [0, 0.05) is 25.3 Å². The van der Waals surface area contributed by atoms with Gasteiger partial charge in [-0.25, -0.2) is 4.98 Å². The molecule has 1 fully saturated rings. The lowest BCUT2D eigenvalue weighted by Gasteiger charge is -2.34. The Kier molecular flexibility index (Phi) is 4.23. The fourth-order valence-corrected chi connectivity index (χ4v) is 2.73. The predicted molar refractivity (Wildman–Crippen MR) is 76.7 cm³/mol. The first-order valence-corrected chi connectivity index (χ1v) is 7.02. The summed E-state index contributed by atoms with van der Waals surface area (Å²) in [5.41, 5.74) is 7.10. The van der Waals surface area contributed by atoms with Crippen LogP contribution in [-0.4, -0.2) is 18.1 Å². The molecule has 2 N–H and O–H groups in total. The van der Waals surface area contributed by atoms with Crippen molar-refractivity contribution in [3.05, 3.63) is 23.9 Å². The van der Waals surface area contributed by atoms with Crippen LogP contribution in [0.15, 0.2) is 18.3 Å². The van der Waals surface area contributed by atoms with Crippen molar-refractivity contribution in [1.82, 2.24) is 4.98 Å². The van der Waals surface area contributed by atoms with E-state index in [9.17, 15) is 0 Å². The Morgan fingerprint density at radius 2 is 2.00 bits per heavy atom. The van der Waals surface area contributed by atoms with Gasteiger partial charge in [0.25, 0.3) is 0 Å². The van der Waals surface area contributed by atoms with Crippen LogP contribution in [0.25, 0.3) is 0 Å². The highest BCUT2D eigenvalue weighted by molar-refractivity contribution is 5.42. The average Bonchev–Trinajstić information content (AvgIpc) is 2.39. The summed E-state index contributed by atoms with van der Waals surface area (Å²) in [6, 6.07) is 4.84. The minimum atomic E-state index is 0.0755. The highest BCUT2D eigenvalue weighted by atomic mass is 15.2. The van der Waals surface area contributed by atoms with Crippen molar-refractivity contribution >= 4 is 5.82 Å². The van der Waals surface area contributed by atoms with Crippen LogP contribution >= 0.6 is 0 Å². The molecule has 1 saturated carbocycles. The van der Waals surface area contributed by atoms with Crippen LogP contribution in [0.3, 0.4) is 0 Å². The molecule has 3 heteroatoms. The Labute approximate surface area is 110 Å². The lowest BCUT2D eigenvalue weighted by Crippen LogP contribution is -2.35. The van der Waals surface area contributed by atoms with Gasteiger partial charge in [-0.1, -0.05) is 6.92 Å². The van der Waals surface area contributed by atoms with Crippen LogP contribution < -0.4 is 10.6 Å². The molecule has 0 radical (unpaired) electrons. The topological polar surface area (TPSA) is 42.1 Å². The van der Waals surface area contributed by atoms with Gasteiger partial charge in [0.15, 0.2) is 0 Å². The summed E-state index contributed by atoms with van der Waals surface area (Å²) in [4.78, 5) is 6.82. The molecule has 100 valence electrons.